The zero-order chi connectivity index (χ0) is 20.3. The van der Waals surface area contributed by atoms with Crippen LogP contribution in [0.4, 0.5) is 0 Å². The standard InChI is InChI=1S/C22H31BINO3/c1-13(2)10-19(25-20(26)14-6-8-16(24)9-7-14)23-27-18-12-15-11-17(21(15,3)4)22(18,5)28-23/h6-9,13,15,17-19H,10-12H2,1-5H3,(H,25,26)/t15?,17?,18-,19+,22+/m1/s1. The third-order valence-corrected chi connectivity index (χ3v) is 8.16. The summed E-state index contributed by atoms with van der Waals surface area (Å²) in [6.07, 6.45) is 3.27. The van der Waals surface area contributed by atoms with Crippen molar-refractivity contribution < 1.29 is 14.1 Å². The Bertz CT molecular complexity index is 753. The number of hydrogen-bond acceptors (Lipinski definition) is 3. The number of rotatable bonds is 5. The highest BCUT2D eigenvalue weighted by Crippen LogP contribution is 2.65. The van der Waals surface area contributed by atoms with E-state index < -0.39 is 0 Å². The summed E-state index contributed by atoms with van der Waals surface area (Å²) in [5.41, 5.74) is 0.756. The molecule has 0 spiro atoms. The van der Waals surface area contributed by atoms with Crippen LogP contribution in [0.15, 0.2) is 24.3 Å². The van der Waals surface area contributed by atoms with Crippen molar-refractivity contribution in [1.29, 1.82) is 0 Å². The molecule has 4 nitrogen and oxygen atoms in total. The topological polar surface area (TPSA) is 47.6 Å². The van der Waals surface area contributed by atoms with Gasteiger partial charge in [-0.05, 0) is 96.2 Å². The van der Waals surface area contributed by atoms with Gasteiger partial charge in [0.25, 0.3) is 5.91 Å². The minimum absolute atomic E-state index is 0.0566. The zero-order valence-corrected chi connectivity index (χ0v) is 19.7. The van der Waals surface area contributed by atoms with Crippen LogP contribution in [-0.2, 0) is 9.31 Å². The van der Waals surface area contributed by atoms with Crippen molar-refractivity contribution in [2.45, 2.75) is 71.5 Å². The first kappa shape index (κ1) is 20.7. The maximum absolute atomic E-state index is 12.8. The summed E-state index contributed by atoms with van der Waals surface area (Å²) in [7, 11) is -0.375. The molecule has 1 saturated heterocycles. The number of carbonyl (C=O) groups excluding carboxylic acids is 1. The van der Waals surface area contributed by atoms with E-state index in [1.54, 1.807) is 0 Å². The summed E-state index contributed by atoms with van der Waals surface area (Å²) < 4.78 is 14.2. The fraction of sp³-hybridized carbons (Fsp3) is 0.682. The number of carbonyl (C=O) groups is 1. The van der Waals surface area contributed by atoms with Crippen molar-refractivity contribution in [2.75, 3.05) is 0 Å². The molecule has 6 heteroatoms. The predicted molar refractivity (Wildman–Crippen MR) is 120 cm³/mol. The van der Waals surface area contributed by atoms with E-state index in [9.17, 15) is 4.79 Å². The molecule has 4 fully saturated rings. The van der Waals surface area contributed by atoms with Gasteiger partial charge in [-0.2, -0.15) is 0 Å². The monoisotopic (exact) mass is 495 g/mol. The summed E-state index contributed by atoms with van der Waals surface area (Å²) >= 11 is 2.25. The molecule has 0 aromatic heterocycles. The quantitative estimate of drug-likeness (QED) is 0.476. The molecular formula is C22H31BINO3. The van der Waals surface area contributed by atoms with Gasteiger partial charge in [-0.15, -0.1) is 0 Å². The molecule has 1 aromatic rings. The summed E-state index contributed by atoms with van der Waals surface area (Å²) in [6.45, 7) is 11.3. The van der Waals surface area contributed by atoms with E-state index in [0.29, 0.717) is 22.8 Å². The van der Waals surface area contributed by atoms with Gasteiger partial charge in [-0.25, -0.2) is 0 Å². The van der Waals surface area contributed by atoms with Gasteiger partial charge in [0.1, 0.15) is 0 Å². The van der Waals surface area contributed by atoms with Crippen molar-refractivity contribution in [3.63, 3.8) is 0 Å². The van der Waals surface area contributed by atoms with Gasteiger partial charge < -0.3 is 14.6 Å². The maximum Gasteiger partial charge on any atom is 0.481 e. The second-order valence-electron chi connectivity index (χ2n) is 10.1. The molecule has 2 unspecified atom stereocenters. The van der Waals surface area contributed by atoms with Crippen molar-refractivity contribution in [3.05, 3.63) is 33.4 Å². The van der Waals surface area contributed by atoms with E-state index in [4.69, 9.17) is 9.31 Å². The molecule has 0 radical (unpaired) electrons. The highest BCUT2D eigenvalue weighted by molar-refractivity contribution is 14.1. The van der Waals surface area contributed by atoms with Crippen molar-refractivity contribution in [1.82, 2.24) is 5.32 Å². The molecule has 1 N–H and O–H groups in total. The molecule has 3 aliphatic carbocycles. The van der Waals surface area contributed by atoms with Crippen molar-refractivity contribution >= 4 is 35.6 Å². The third-order valence-electron chi connectivity index (χ3n) is 7.45. The van der Waals surface area contributed by atoms with Gasteiger partial charge >= 0.3 is 7.12 Å². The van der Waals surface area contributed by atoms with Crippen LogP contribution in [0.2, 0.25) is 0 Å². The van der Waals surface area contributed by atoms with Crippen LogP contribution in [0.25, 0.3) is 0 Å². The summed E-state index contributed by atoms with van der Waals surface area (Å²) in [4.78, 5) is 12.8. The van der Waals surface area contributed by atoms with Crippen molar-refractivity contribution in [2.24, 2.45) is 23.2 Å². The first-order chi connectivity index (χ1) is 13.1. The van der Waals surface area contributed by atoms with Crippen LogP contribution >= 0.6 is 22.6 Å². The molecule has 4 aliphatic rings. The molecule has 2 bridgehead atoms. The highest BCUT2D eigenvalue weighted by Gasteiger charge is 2.68. The Morgan fingerprint density at radius 2 is 1.93 bits per heavy atom. The Labute approximate surface area is 182 Å². The van der Waals surface area contributed by atoms with Gasteiger partial charge in [-0.3, -0.25) is 4.79 Å². The molecule has 1 aromatic carbocycles. The van der Waals surface area contributed by atoms with Crippen LogP contribution in [0.1, 0.15) is 64.2 Å². The van der Waals surface area contributed by atoms with Crippen LogP contribution in [0.5, 0.6) is 0 Å². The fourth-order valence-electron chi connectivity index (χ4n) is 5.67. The molecule has 152 valence electrons. The van der Waals surface area contributed by atoms with Crippen LogP contribution < -0.4 is 5.32 Å². The molecule has 28 heavy (non-hydrogen) atoms. The summed E-state index contributed by atoms with van der Waals surface area (Å²) in [5.74, 6) is 1.49. The van der Waals surface area contributed by atoms with E-state index in [1.165, 1.54) is 6.42 Å². The number of amides is 1. The van der Waals surface area contributed by atoms with Crippen LogP contribution in [0, 0.1) is 26.7 Å². The second kappa shape index (κ2) is 7.27. The molecule has 1 heterocycles. The number of nitrogens with one attached hydrogen (secondary N) is 1. The van der Waals surface area contributed by atoms with Gasteiger partial charge in [0.2, 0.25) is 0 Å². The fourth-order valence-corrected chi connectivity index (χ4v) is 6.03. The molecule has 5 atom stereocenters. The zero-order valence-electron chi connectivity index (χ0n) is 17.5. The molecular weight excluding hydrogens is 464 g/mol. The minimum atomic E-state index is -0.375. The lowest BCUT2D eigenvalue weighted by Crippen LogP contribution is -2.65. The largest absolute Gasteiger partial charge is 0.481 e. The van der Waals surface area contributed by atoms with E-state index in [2.05, 4.69) is 62.5 Å². The highest BCUT2D eigenvalue weighted by atomic mass is 127. The van der Waals surface area contributed by atoms with Crippen molar-refractivity contribution in [3.8, 4) is 0 Å². The Hall–Kier alpha value is -0.595. The SMILES string of the molecule is CC(C)C[C@H](NC(=O)c1ccc(I)cc1)B1O[C@@H]2CC3CC(C3(C)C)[C@]2(C)O1. The number of benzene rings is 1. The Balaban J connectivity index is 1.51. The average molecular weight is 495 g/mol. The Kier molecular flexibility index (Phi) is 5.37. The second-order valence-corrected chi connectivity index (χ2v) is 11.3. The molecule has 3 saturated carbocycles. The smallest absolute Gasteiger partial charge is 0.404 e. The first-order valence-electron chi connectivity index (χ1n) is 10.5. The lowest BCUT2D eigenvalue weighted by Gasteiger charge is -2.64. The van der Waals surface area contributed by atoms with E-state index in [0.717, 1.165) is 22.3 Å². The van der Waals surface area contributed by atoms with Gasteiger partial charge in [0.15, 0.2) is 0 Å². The number of hydrogen-bond donors (Lipinski definition) is 1. The average Bonchev–Trinajstić information content (AvgIpc) is 2.98. The van der Waals surface area contributed by atoms with E-state index in [1.807, 2.05) is 24.3 Å². The summed E-state index contributed by atoms with van der Waals surface area (Å²) in [6, 6.07) is 7.66. The molecule has 1 aliphatic heterocycles. The third kappa shape index (κ3) is 3.43. The maximum atomic E-state index is 12.8. The summed E-state index contributed by atoms with van der Waals surface area (Å²) in [5, 5.41) is 3.21. The minimum Gasteiger partial charge on any atom is -0.404 e. The van der Waals surface area contributed by atoms with Gasteiger partial charge in [0, 0.05) is 9.13 Å². The van der Waals surface area contributed by atoms with Gasteiger partial charge in [-0.1, -0.05) is 27.7 Å². The van der Waals surface area contributed by atoms with Crippen LogP contribution in [0.3, 0.4) is 0 Å². The first-order valence-corrected chi connectivity index (χ1v) is 11.6. The molecule has 1 amide bonds. The Morgan fingerprint density at radius 3 is 2.54 bits per heavy atom. The van der Waals surface area contributed by atoms with E-state index in [-0.39, 0.29) is 30.7 Å². The Morgan fingerprint density at radius 1 is 1.25 bits per heavy atom. The molecule has 5 rings (SSSR count). The van der Waals surface area contributed by atoms with E-state index >= 15 is 0 Å². The normalized spacial score (nSPS) is 34.0. The predicted octanol–water partition coefficient (Wildman–Crippen LogP) is 4.70. The van der Waals surface area contributed by atoms with Gasteiger partial charge in [0.05, 0.1) is 17.6 Å². The number of halogens is 1. The van der Waals surface area contributed by atoms with Crippen LogP contribution in [-0.4, -0.2) is 30.7 Å². The lowest BCUT2D eigenvalue weighted by atomic mass is 9.43. The lowest BCUT2D eigenvalue weighted by molar-refractivity contribution is -0.199.